The molecular weight excluding hydrogens is 174 g/mol. The molecule has 3 nitrogen and oxygen atoms in total. The number of benzene rings is 1. The third kappa shape index (κ3) is 1.77. The fourth-order valence-corrected chi connectivity index (χ4v) is 1.47. The minimum atomic E-state index is 0.329. The number of fused-ring (bicyclic) bond motifs is 1. The number of hydrogen-bond acceptors (Lipinski definition) is 1. The van der Waals surface area contributed by atoms with Crippen LogP contribution in [0.25, 0.3) is 11.0 Å². The fraction of sp³-hybridized carbons (Fsp3) is 0.364. The molecule has 1 heterocycles. The summed E-state index contributed by atoms with van der Waals surface area (Å²) in [5.41, 5.74) is 2.14. The van der Waals surface area contributed by atoms with Crippen molar-refractivity contribution in [2.24, 2.45) is 0 Å². The van der Waals surface area contributed by atoms with Crippen molar-refractivity contribution in [3.05, 3.63) is 30.1 Å². The molecule has 2 rings (SSSR count). The van der Waals surface area contributed by atoms with Gasteiger partial charge in [-0.05, 0) is 19.1 Å². The van der Waals surface area contributed by atoms with Gasteiger partial charge in [-0.2, -0.15) is 0 Å². The van der Waals surface area contributed by atoms with Crippen molar-refractivity contribution in [2.75, 3.05) is 7.05 Å². The average Bonchev–Trinajstić information content (AvgIpc) is 2.59. The number of imidazole rings is 1. The van der Waals surface area contributed by atoms with Gasteiger partial charge in [-0.1, -0.05) is 12.1 Å². The zero-order valence-corrected chi connectivity index (χ0v) is 8.49. The number of H-pyrrole nitrogens is 1. The Bertz CT molecular complexity index is 386. The molecule has 0 spiro atoms. The minimum Gasteiger partial charge on any atom is -0.342 e. The lowest BCUT2D eigenvalue weighted by atomic mass is 10.2. The Morgan fingerprint density at radius 1 is 1.43 bits per heavy atom. The summed E-state index contributed by atoms with van der Waals surface area (Å²) in [4.78, 5) is 7.77. The molecule has 0 saturated carbocycles. The van der Waals surface area contributed by atoms with E-state index in [-0.39, 0.29) is 0 Å². The van der Waals surface area contributed by atoms with Gasteiger partial charge in [-0.15, -0.1) is 0 Å². The lowest BCUT2D eigenvalue weighted by Gasteiger charge is -2.04. The lowest BCUT2D eigenvalue weighted by Crippen LogP contribution is -2.17. The van der Waals surface area contributed by atoms with Gasteiger partial charge in [0.25, 0.3) is 0 Å². The van der Waals surface area contributed by atoms with Gasteiger partial charge in [0.05, 0.1) is 11.0 Å². The van der Waals surface area contributed by atoms with Crippen LogP contribution in [0.1, 0.15) is 12.7 Å². The smallest absolute Gasteiger partial charge is 0.108 e. The van der Waals surface area contributed by atoms with Crippen LogP contribution in [-0.4, -0.2) is 23.1 Å². The SMILES string of the molecule is C[N]C(C)Cc1nc2ccccc2[nH]1. The number of hydrogen-bond donors (Lipinski definition) is 1. The molecule has 0 amide bonds. The predicted octanol–water partition coefficient (Wildman–Crippen LogP) is 1.73. The van der Waals surface area contributed by atoms with E-state index in [1.807, 2.05) is 31.3 Å². The van der Waals surface area contributed by atoms with Crippen molar-refractivity contribution >= 4 is 11.0 Å². The normalized spacial score (nSPS) is 13.3. The van der Waals surface area contributed by atoms with Crippen LogP contribution in [0, 0.1) is 0 Å². The summed E-state index contributed by atoms with van der Waals surface area (Å²) in [5.74, 6) is 1.02. The Kier molecular flexibility index (Phi) is 2.50. The quantitative estimate of drug-likeness (QED) is 0.783. The second-order valence-electron chi connectivity index (χ2n) is 3.51. The van der Waals surface area contributed by atoms with Crippen LogP contribution < -0.4 is 5.32 Å². The van der Waals surface area contributed by atoms with E-state index < -0.39 is 0 Å². The molecule has 1 N–H and O–H groups in total. The Morgan fingerprint density at radius 2 is 2.21 bits per heavy atom. The van der Waals surface area contributed by atoms with Crippen molar-refractivity contribution in [1.82, 2.24) is 15.3 Å². The van der Waals surface area contributed by atoms with E-state index in [2.05, 4.69) is 22.2 Å². The van der Waals surface area contributed by atoms with Gasteiger partial charge in [-0.25, -0.2) is 10.3 Å². The van der Waals surface area contributed by atoms with Crippen molar-refractivity contribution in [1.29, 1.82) is 0 Å². The maximum Gasteiger partial charge on any atom is 0.108 e. The van der Waals surface area contributed by atoms with E-state index in [1.165, 1.54) is 0 Å². The Hall–Kier alpha value is -1.35. The average molecular weight is 188 g/mol. The van der Waals surface area contributed by atoms with Gasteiger partial charge < -0.3 is 4.98 Å². The van der Waals surface area contributed by atoms with Gasteiger partial charge in [-0.3, -0.25) is 0 Å². The molecule has 1 unspecified atom stereocenters. The van der Waals surface area contributed by atoms with Gasteiger partial charge in [0.2, 0.25) is 0 Å². The van der Waals surface area contributed by atoms with Crippen LogP contribution in [0.5, 0.6) is 0 Å². The Morgan fingerprint density at radius 3 is 2.93 bits per heavy atom. The number of aromatic amines is 1. The van der Waals surface area contributed by atoms with Crippen LogP contribution in [0.4, 0.5) is 0 Å². The van der Waals surface area contributed by atoms with Crippen LogP contribution in [0.3, 0.4) is 0 Å². The van der Waals surface area contributed by atoms with Gasteiger partial charge in [0, 0.05) is 19.5 Å². The third-order valence-corrected chi connectivity index (χ3v) is 2.37. The lowest BCUT2D eigenvalue weighted by molar-refractivity contribution is 0.584. The molecular formula is C11H14N3. The molecule has 1 atom stereocenters. The molecule has 14 heavy (non-hydrogen) atoms. The molecule has 1 aromatic heterocycles. The molecule has 0 saturated heterocycles. The van der Waals surface area contributed by atoms with E-state index in [0.717, 1.165) is 23.3 Å². The standard InChI is InChI=1S/C11H14N3/c1-8(12-2)7-11-13-9-5-3-4-6-10(9)14-11/h3-6,8H,7H2,1-2H3,(H,13,14). The maximum atomic E-state index is 4.49. The van der Waals surface area contributed by atoms with Gasteiger partial charge in [0.1, 0.15) is 5.82 Å². The van der Waals surface area contributed by atoms with E-state index in [1.54, 1.807) is 0 Å². The molecule has 0 bridgehead atoms. The number of nitrogens with one attached hydrogen (secondary N) is 1. The van der Waals surface area contributed by atoms with Crippen LogP contribution in [-0.2, 0) is 6.42 Å². The zero-order valence-electron chi connectivity index (χ0n) is 8.49. The summed E-state index contributed by atoms with van der Waals surface area (Å²) >= 11 is 0. The van der Waals surface area contributed by atoms with Crippen molar-refractivity contribution < 1.29 is 0 Å². The molecule has 0 aliphatic rings. The third-order valence-electron chi connectivity index (χ3n) is 2.37. The first-order valence-corrected chi connectivity index (χ1v) is 4.82. The summed E-state index contributed by atoms with van der Waals surface area (Å²) in [6.07, 6.45) is 0.880. The highest BCUT2D eigenvalue weighted by molar-refractivity contribution is 5.74. The largest absolute Gasteiger partial charge is 0.342 e. The first-order valence-electron chi connectivity index (χ1n) is 4.82. The van der Waals surface area contributed by atoms with Crippen molar-refractivity contribution in [3.63, 3.8) is 0 Å². The Labute approximate surface area is 83.6 Å². The molecule has 0 aliphatic heterocycles. The first kappa shape index (κ1) is 9.21. The van der Waals surface area contributed by atoms with Crippen LogP contribution in [0.15, 0.2) is 24.3 Å². The van der Waals surface area contributed by atoms with Crippen molar-refractivity contribution in [2.45, 2.75) is 19.4 Å². The van der Waals surface area contributed by atoms with Gasteiger partial charge in [0.15, 0.2) is 0 Å². The maximum absolute atomic E-state index is 4.49. The highest BCUT2D eigenvalue weighted by atomic mass is 14.9. The first-order chi connectivity index (χ1) is 6.79. The Balaban J connectivity index is 2.27. The zero-order chi connectivity index (χ0) is 9.97. The molecule has 1 aromatic carbocycles. The van der Waals surface area contributed by atoms with E-state index >= 15 is 0 Å². The second-order valence-corrected chi connectivity index (χ2v) is 3.51. The molecule has 73 valence electrons. The van der Waals surface area contributed by atoms with E-state index in [0.29, 0.717) is 6.04 Å². The number of likely N-dealkylation sites (N-methyl/N-ethyl adjacent to an activating group) is 1. The number of rotatable bonds is 3. The summed E-state index contributed by atoms with van der Waals surface area (Å²) < 4.78 is 0. The molecule has 2 aromatic rings. The van der Waals surface area contributed by atoms with E-state index in [4.69, 9.17) is 0 Å². The highest BCUT2D eigenvalue weighted by Crippen LogP contribution is 2.11. The summed E-state index contributed by atoms with van der Waals surface area (Å²) in [6.45, 7) is 2.09. The fourth-order valence-electron chi connectivity index (χ4n) is 1.47. The summed E-state index contributed by atoms with van der Waals surface area (Å²) in [5, 5.41) is 4.19. The highest BCUT2D eigenvalue weighted by Gasteiger charge is 2.05. The topological polar surface area (TPSA) is 42.8 Å². The monoisotopic (exact) mass is 188 g/mol. The molecule has 1 radical (unpaired) electrons. The summed E-state index contributed by atoms with van der Waals surface area (Å²) in [7, 11) is 1.84. The second kappa shape index (κ2) is 3.80. The molecule has 0 fully saturated rings. The van der Waals surface area contributed by atoms with E-state index in [9.17, 15) is 0 Å². The molecule has 0 aliphatic carbocycles. The van der Waals surface area contributed by atoms with Crippen LogP contribution >= 0.6 is 0 Å². The number of aromatic nitrogens is 2. The molecule has 3 heteroatoms. The minimum absolute atomic E-state index is 0.329. The van der Waals surface area contributed by atoms with Gasteiger partial charge >= 0.3 is 0 Å². The van der Waals surface area contributed by atoms with Crippen LogP contribution in [0.2, 0.25) is 0 Å². The number of nitrogens with zero attached hydrogens (tertiary/aromatic N) is 2. The predicted molar refractivity (Wildman–Crippen MR) is 57.3 cm³/mol. The van der Waals surface area contributed by atoms with Crippen molar-refractivity contribution in [3.8, 4) is 0 Å². The number of para-hydroxylation sites is 2. The summed E-state index contributed by atoms with van der Waals surface area (Å²) in [6, 6.07) is 8.40.